The van der Waals surface area contributed by atoms with Crippen molar-refractivity contribution in [1.82, 2.24) is 0 Å². The minimum absolute atomic E-state index is 0.0729. The monoisotopic (exact) mass is 203 g/mol. The molecule has 0 aromatic rings. The number of nitrogens with two attached hydrogens (primary N) is 1. The smallest absolute Gasteiger partial charge is 0.0707 e. The van der Waals surface area contributed by atoms with Crippen LogP contribution < -0.4 is 5.73 Å². The molecule has 0 amide bonds. The summed E-state index contributed by atoms with van der Waals surface area (Å²) in [5, 5.41) is 0. The van der Waals surface area contributed by atoms with Gasteiger partial charge in [0.25, 0.3) is 0 Å². The van der Waals surface area contributed by atoms with Gasteiger partial charge in [0.15, 0.2) is 0 Å². The van der Waals surface area contributed by atoms with Gasteiger partial charge in [0.05, 0.1) is 18.8 Å². The molecule has 0 heterocycles. The normalized spacial score (nSPS) is 13.3. The number of rotatable bonds is 6. The van der Waals surface area contributed by atoms with E-state index in [0.29, 0.717) is 19.8 Å². The molecule has 0 spiro atoms. The lowest BCUT2D eigenvalue weighted by molar-refractivity contribution is -0.0362. The lowest BCUT2D eigenvalue weighted by Gasteiger charge is -2.20. The molecule has 0 rings (SSSR count). The van der Waals surface area contributed by atoms with E-state index in [1.165, 1.54) is 0 Å². The summed E-state index contributed by atoms with van der Waals surface area (Å²) in [6, 6.07) is 0. The number of hydrogen-bond acceptors (Lipinski definition) is 3. The van der Waals surface area contributed by atoms with E-state index in [1.54, 1.807) is 0 Å². The van der Waals surface area contributed by atoms with Crippen molar-refractivity contribution in [2.75, 3.05) is 19.8 Å². The molecule has 0 bridgehead atoms. The summed E-state index contributed by atoms with van der Waals surface area (Å²) in [5.74, 6) is 0. The van der Waals surface area contributed by atoms with Crippen molar-refractivity contribution in [3.05, 3.63) is 0 Å². The van der Waals surface area contributed by atoms with Gasteiger partial charge in [-0.2, -0.15) is 0 Å². The Kier molecular flexibility index (Phi) is 5.64. The Labute approximate surface area is 88.0 Å². The van der Waals surface area contributed by atoms with Gasteiger partial charge in [0.1, 0.15) is 0 Å². The Bertz CT molecular complexity index is 126. The van der Waals surface area contributed by atoms with Crippen molar-refractivity contribution >= 4 is 0 Å². The maximum Gasteiger partial charge on any atom is 0.0707 e. The van der Waals surface area contributed by atoms with Gasteiger partial charge < -0.3 is 15.2 Å². The summed E-state index contributed by atoms with van der Waals surface area (Å²) in [4.78, 5) is 0. The Hall–Kier alpha value is -0.120. The first-order valence-electron chi connectivity index (χ1n) is 5.21. The zero-order chi connectivity index (χ0) is 11.2. The molecule has 86 valence electrons. The predicted molar refractivity (Wildman–Crippen MR) is 59.4 cm³/mol. The van der Waals surface area contributed by atoms with Crippen molar-refractivity contribution in [3.8, 4) is 0 Å². The minimum atomic E-state index is -0.134. The number of hydrogen-bond donors (Lipinski definition) is 1. The lowest BCUT2D eigenvalue weighted by Crippen LogP contribution is -2.33. The largest absolute Gasteiger partial charge is 0.379 e. The Balaban J connectivity index is 3.23. The third-order valence-electron chi connectivity index (χ3n) is 1.65. The van der Waals surface area contributed by atoms with E-state index in [0.717, 1.165) is 6.42 Å². The van der Waals surface area contributed by atoms with Gasteiger partial charge in [-0.15, -0.1) is 0 Å². The Morgan fingerprint density at radius 2 is 1.50 bits per heavy atom. The van der Waals surface area contributed by atoms with E-state index in [1.807, 2.05) is 34.6 Å². The molecule has 0 aliphatic carbocycles. The van der Waals surface area contributed by atoms with Crippen LogP contribution in [0, 0.1) is 0 Å². The third-order valence-corrected chi connectivity index (χ3v) is 1.65. The predicted octanol–water partition coefficient (Wildman–Crippen LogP) is 1.95. The molecule has 0 aliphatic rings. The van der Waals surface area contributed by atoms with Crippen molar-refractivity contribution in [2.45, 2.75) is 52.2 Å². The average Bonchev–Trinajstić information content (AvgIpc) is 1.92. The quantitative estimate of drug-likeness (QED) is 0.671. The fourth-order valence-corrected chi connectivity index (χ4v) is 0.844. The van der Waals surface area contributed by atoms with Gasteiger partial charge in [0, 0.05) is 12.1 Å². The molecule has 0 aromatic carbocycles. The second-order valence-corrected chi connectivity index (χ2v) is 5.31. The Morgan fingerprint density at radius 1 is 0.929 bits per heavy atom. The van der Waals surface area contributed by atoms with E-state index in [2.05, 4.69) is 0 Å². The summed E-state index contributed by atoms with van der Waals surface area (Å²) >= 11 is 0. The van der Waals surface area contributed by atoms with Gasteiger partial charge in [-0.3, -0.25) is 0 Å². The molecular weight excluding hydrogens is 178 g/mol. The van der Waals surface area contributed by atoms with Gasteiger partial charge in [-0.1, -0.05) is 0 Å². The Morgan fingerprint density at radius 3 is 1.93 bits per heavy atom. The molecule has 0 unspecified atom stereocenters. The molecule has 0 saturated heterocycles. The average molecular weight is 203 g/mol. The van der Waals surface area contributed by atoms with Gasteiger partial charge in [-0.05, 0) is 41.0 Å². The molecule has 0 aliphatic heterocycles. The standard InChI is InChI=1S/C11H25NO2/c1-10(2,3)14-9-8-13-7-6-11(4,5)12/h6-9,12H2,1-5H3. The third kappa shape index (κ3) is 11.9. The van der Waals surface area contributed by atoms with Crippen molar-refractivity contribution < 1.29 is 9.47 Å². The molecule has 0 fully saturated rings. The van der Waals surface area contributed by atoms with E-state index >= 15 is 0 Å². The summed E-state index contributed by atoms with van der Waals surface area (Å²) in [7, 11) is 0. The SMILES string of the molecule is CC(C)(N)CCOCCOC(C)(C)C. The molecule has 2 N–H and O–H groups in total. The summed E-state index contributed by atoms with van der Waals surface area (Å²) in [6.07, 6.45) is 0.877. The van der Waals surface area contributed by atoms with E-state index in [9.17, 15) is 0 Å². The second-order valence-electron chi connectivity index (χ2n) is 5.31. The fraction of sp³-hybridized carbons (Fsp3) is 1.00. The molecule has 0 saturated carbocycles. The molecule has 3 heteroatoms. The van der Waals surface area contributed by atoms with Crippen LogP contribution in [-0.4, -0.2) is 31.0 Å². The first-order chi connectivity index (χ1) is 6.21. The van der Waals surface area contributed by atoms with Crippen LogP contribution in [-0.2, 0) is 9.47 Å². The maximum atomic E-state index is 5.81. The highest BCUT2D eigenvalue weighted by Gasteiger charge is 2.11. The highest BCUT2D eigenvalue weighted by molar-refractivity contribution is 4.70. The molecule has 3 nitrogen and oxygen atoms in total. The molecule has 0 radical (unpaired) electrons. The van der Waals surface area contributed by atoms with Crippen molar-refractivity contribution in [1.29, 1.82) is 0 Å². The molecule has 0 aromatic heterocycles. The highest BCUT2D eigenvalue weighted by atomic mass is 16.5. The van der Waals surface area contributed by atoms with Crippen LogP contribution >= 0.6 is 0 Å². The minimum Gasteiger partial charge on any atom is -0.379 e. The molecule has 0 atom stereocenters. The van der Waals surface area contributed by atoms with Gasteiger partial charge >= 0.3 is 0 Å². The van der Waals surface area contributed by atoms with Gasteiger partial charge in [-0.25, -0.2) is 0 Å². The zero-order valence-electron chi connectivity index (χ0n) is 10.2. The van der Waals surface area contributed by atoms with E-state index in [4.69, 9.17) is 15.2 Å². The summed E-state index contributed by atoms with van der Waals surface area (Å²) in [5.41, 5.74) is 5.60. The van der Waals surface area contributed by atoms with E-state index < -0.39 is 0 Å². The van der Waals surface area contributed by atoms with Crippen LogP contribution in [0.4, 0.5) is 0 Å². The summed E-state index contributed by atoms with van der Waals surface area (Å²) in [6.45, 7) is 12.1. The highest BCUT2D eigenvalue weighted by Crippen LogP contribution is 2.06. The first kappa shape index (κ1) is 13.9. The zero-order valence-corrected chi connectivity index (χ0v) is 10.2. The van der Waals surface area contributed by atoms with Crippen molar-refractivity contribution in [2.24, 2.45) is 5.73 Å². The molecule has 14 heavy (non-hydrogen) atoms. The van der Waals surface area contributed by atoms with Crippen LogP contribution in [0.25, 0.3) is 0 Å². The van der Waals surface area contributed by atoms with Crippen molar-refractivity contribution in [3.63, 3.8) is 0 Å². The summed E-state index contributed by atoms with van der Waals surface area (Å²) < 4.78 is 10.9. The second kappa shape index (κ2) is 5.69. The lowest BCUT2D eigenvalue weighted by atomic mass is 10.0. The topological polar surface area (TPSA) is 44.5 Å². The van der Waals surface area contributed by atoms with Crippen LogP contribution in [0.1, 0.15) is 41.0 Å². The van der Waals surface area contributed by atoms with Crippen LogP contribution in [0.3, 0.4) is 0 Å². The van der Waals surface area contributed by atoms with E-state index in [-0.39, 0.29) is 11.1 Å². The first-order valence-corrected chi connectivity index (χ1v) is 5.21. The fourth-order valence-electron chi connectivity index (χ4n) is 0.844. The maximum absolute atomic E-state index is 5.81. The van der Waals surface area contributed by atoms with Crippen LogP contribution in [0.2, 0.25) is 0 Å². The van der Waals surface area contributed by atoms with Crippen LogP contribution in [0.15, 0.2) is 0 Å². The van der Waals surface area contributed by atoms with Gasteiger partial charge in [0.2, 0.25) is 0 Å². The van der Waals surface area contributed by atoms with Crippen LogP contribution in [0.5, 0.6) is 0 Å². The number of ether oxygens (including phenoxy) is 2. The molecular formula is C11H25NO2.